The van der Waals surface area contributed by atoms with Gasteiger partial charge in [0.25, 0.3) is 5.69 Å². The summed E-state index contributed by atoms with van der Waals surface area (Å²) in [5, 5.41) is 15.7. The molecule has 1 rings (SSSR count). The van der Waals surface area contributed by atoms with E-state index >= 15 is 0 Å². The standard InChI is InChI=1S/C15H21N3O5/c1-3-11(2)14(19)23-9-8-16-15(20)17-10-12-4-6-13(7-5-12)18(21)22/h4-7,11H,3,8-10H2,1-2H3,(H2,16,17,20). The van der Waals surface area contributed by atoms with Gasteiger partial charge in [0, 0.05) is 18.7 Å². The van der Waals surface area contributed by atoms with Crippen LogP contribution in [-0.4, -0.2) is 30.1 Å². The second-order valence-corrected chi connectivity index (χ2v) is 5.01. The van der Waals surface area contributed by atoms with Crippen molar-refractivity contribution in [3.63, 3.8) is 0 Å². The lowest BCUT2D eigenvalue weighted by Crippen LogP contribution is -2.37. The summed E-state index contributed by atoms with van der Waals surface area (Å²) in [7, 11) is 0. The van der Waals surface area contributed by atoms with E-state index < -0.39 is 11.0 Å². The van der Waals surface area contributed by atoms with Gasteiger partial charge in [-0.05, 0) is 12.0 Å². The van der Waals surface area contributed by atoms with Crippen LogP contribution >= 0.6 is 0 Å². The Balaban J connectivity index is 2.22. The molecule has 23 heavy (non-hydrogen) atoms. The van der Waals surface area contributed by atoms with Crippen LogP contribution < -0.4 is 10.6 Å². The molecule has 2 amide bonds. The quantitative estimate of drug-likeness (QED) is 0.329. The normalized spacial score (nSPS) is 11.4. The molecule has 8 nitrogen and oxygen atoms in total. The topological polar surface area (TPSA) is 111 Å². The number of urea groups is 1. The number of hydrogen-bond donors (Lipinski definition) is 2. The summed E-state index contributed by atoms with van der Waals surface area (Å²) < 4.78 is 5.00. The van der Waals surface area contributed by atoms with Gasteiger partial charge in [0.2, 0.25) is 0 Å². The van der Waals surface area contributed by atoms with Crippen molar-refractivity contribution in [2.75, 3.05) is 13.2 Å². The first-order valence-corrected chi connectivity index (χ1v) is 7.35. The molecular weight excluding hydrogens is 302 g/mol. The SMILES string of the molecule is CCC(C)C(=O)OCCNC(=O)NCc1ccc([N+](=O)[O-])cc1. The zero-order valence-electron chi connectivity index (χ0n) is 13.2. The Labute approximate surface area is 134 Å². The molecule has 1 unspecified atom stereocenters. The van der Waals surface area contributed by atoms with Crippen molar-refractivity contribution in [3.8, 4) is 0 Å². The van der Waals surface area contributed by atoms with E-state index in [-0.39, 0.29) is 37.3 Å². The van der Waals surface area contributed by atoms with Crippen molar-refractivity contribution in [2.24, 2.45) is 5.92 Å². The zero-order valence-corrected chi connectivity index (χ0v) is 13.2. The lowest BCUT2D eigenvalue weighted by molar-refractivity contribution is -0.384. The average Bonchev–Trinajstić information content (AvgIpc) is 2.56. The first-order chi connectivity index (χ1) is 10.9. The number of nitro benzene ring substituents is 1. The molecule has 0 fully saturated rings. The molecule has 0 saturated heterocycles. The van der Waals surface area contributed by atoms with Crippen LogP contribution in [0.15, 0.2) is 24.3 Å². The average molecular weight is 323 g/mol. The summed E-state index contributed by atoms with van der Waals surface area (Å²) >= 11 is 0. The van der Waals surface area contributed by atoms with E-state index in [9.17, 15) is 19.7 Å². The summed E-state index contributed by atoms with van der Waals surface area (Å²) in [6, 6.07) is 5.51. The van der Waals surface area contributed by atoms with Crippen LogP contribution in [0, 0.1) is 16.0 Å². The molecule has 0 saturated carbocycles. The van der Waals surface area contributed by atoms with Crippen molar-refractivity contribution in [1.29, 1.82) is 0 Å². The Hall–Kier alpha value is -2.64. The monoisotopic (exact) mass is 323 g/mol. The third-order valence-corrected chi connectivity index (χ3v) is 3.25. The van der Waals surface area contributed by atoms with Gasteiger partial charge in [-0.2, -0.15) is 0 Å². The highest BCUT2D eigenvalue weighted by atomic mass is 16.6. The zero-order chi connectivity index (χ0) is 17.2. The first-order valence-electron chi connectivity index (χ1n) is 7.35. The van der Waals surface area contributed by atoms with E-state index in [4.69, 9.17) is 4.74 Å². The second-order valence-electron chi connectivity index (χ2n) is 5.01. The van der Waals surface area contributed by atoms with Gasteiger partial charge in [-0.1, -0.05) is 26.0 Å². The van der Waals surface area contributed by atoms with E-state index in [1.807, 2.05) is 6.92 Å². The summed E-state index contributed by atoms with van der Waals surface area (Å²) in [4.78, 5) is 33.0. The minimum absolute atomic E-state index is 0.00123. The molecule has 2 N–H and O–H groups in total. The molecule has 0 spiro atoms. The van der Waals surface area contributed by atoms with E-state index in [0.29, 0.717) is 6.42 Å². The number of non-ortho nitro benzene ring substituents is 1. The first kappa shape index (κ1) is 18.4. The molecule has 0 aliphatic rings. The van der Waals surface area contributed by atoms with E-state index in [1.165, 1.54) is 12.1 Å². The van der Waals surface area contributed by atoms with Crippen LogP contribution in [0.3, 0.4) is 0 Å². The van der Waals surface area contributed by atoms with Gasteiger partial charge in [0.05, 0.1) is 17.4 Å². The molecule has 1 atom stereocenters. The van der Waals surface area contributed by atoms with E-state index in [2.05, 4.69) is 10.6 Å². The Kier molecular flexibility index (Phi) is 7.52. The van der Waals surface area contributed by atoms with Crippen LogP contribution in [0.25, 0.3) is 0 Å². The number of ether oxygens (including phenoxy) is 1. The summed E-state index contributed by atoms with van der Waals surface area (Å²) in [6.07, 6.45) is 0.710. The fourth-order valence-electron chi connectivity index (χ4n) is 1.61. The number of esters is 1. The minimum Gasteiger partial charge on any atom is -0.464 e. The molecule has 8 heteroatoms. The molecule has 0 aliphatic carbocycles. The lowest BCUT2D eigenvalue weighted by atomic mass is 10.1. The van der Waals surface area contributed by atoms with Crippen LogP contribution in [0.5, 0.6) is 0 Å². The van der Waals surface area contributed by atoms with Gasteiger partial charge in [-0.15, -0.1) is 0 Å². The van der Waals surface area contributed by atoms with Gasteiger partial charge in [-0.3, -0.25) is 14.9 Å². The molecule has 1 aromatic carbocycles. The minimum atomic E-state index is -0.482. The van der Waals surface area contributed by atoms with Gasteiger partial charge < -0.3 is 15.4 Å². The smallest absolute Gasteiger partial charge is 0.315 e. The van der Waals surface area contributed by atoms with E-state index in [1.54, 1.807) is 19.1 Å². The van der Waals surface area contributed by atoms with Crippen LogP contribution in [0.4, 0.5) is 10.5 Å². The molecule has 126 valence electrons. The maximum absolute atomic E-state index is 11.6. The van der Waals surface area contributed by atoms with Gasteiger partial charge in [0.1, 0.15) is 6.61 Å². The van der Waals surface area contributed by atoms with Gasteiger partial charge in [-0.25, -0.2) is 4.79 Å². The molecule has 0 radical (unpaired) electrons. The van der Waals surface area contributed by atoms with Crippen molar-refractivity contribution in [2.45, 2.75) is 26.8 Å². The molecule has 0 aromatic heterocycles. The molecule has 0 aliphatic heterocycles. The number of hydrogen-bond acceptors (Lipinski definition) is 5. The highest BCUT2D eigenvalue weighted by Gasteiger charge is 2.11. The third-order valence-electron chi connectivity index (χ3n) is 3.25. The highest BCUT2D eigenvalue weighted by Crippen LogP contribution is 2.11. The number of carbonyl (C=O) groups excluding carboxylic acids is 2. The summed E-state index contributed by atoms with van der Waals surface area (Å²) in [5.74, 6) is -0.424. The third kappa shape index (κ3) is 6.77. The number of amides is 2. The lowest BCUT2D eigenvalue weighted by Gasteiger charge is -2.10. The number of rotatable bonds is 8. The Bertz CT molecular complexity index is 545. The predicted octanol–water partition coefficient (Wildman–Crippen LogP) is 1.98. The van der Waals surface area contributed by atoms with Crippen LogP contribution in [0.1, 0.15) is 25.8 Å². The molecule has 0 bridgehead atoms. The fraction of sp³-hybridized carbons (Fsp3) is 0.467. The summed E-state index contributed by atoms with van der Waals surface area (Å²) in [6.45, 7) is 4.27. The van der Waals surface area contributed by atoms with Crippen molar-refractivity contribution in [1.82, 2.24) is 10.6 Å². The second kappa shape index (κ2) is 9.39. The maximum atomic E-state index is 11.6. The van der Waals surface area contributed by atoms with E-state index in [0.717, 1.165) is 5.56 Å². The number of benzene rings is 1. The number of nitrogens with zero attached hydrogens (tertiary/aromatic N) is 1. The number of nitro groups is 1. The van der Waals surface area contributed by atoms with Crippen molar-refractivity contribution in [3.05, 3.63) is 39.9 Å². The fourth-order valence-corrected chi connectivity index (χ4v) is 1.61. The maximum Gasteiger partial charge on any atom is 0.315 e. The number of carbonyl (C=O) groups is 2. The van der Waals surface area contributed by atoms with Crippen molar-refractivity contribution < 1.29 is 19.2 Å². The predicted molar refractivity (Wildman–Crippen MR) is 83.7 cm³/mol. The Morgan fingerprint density at radius 1 is 1.26 bits per heavy atom. The Morgan fingerprint density at radius 3 is 2.48 bits per heavy atom. The molecule has 0 heterocycles. The Morgan fingerprint density at radius 2 is 1.91 bits per heavy atom. The van der Waals surface area contributed by atoms with Crippen LogP contribution in [0.2, 0.25) is 0 Å². The number of nitrogens with one attached hydrogen (secondary N) is 2. The van der Waals surface area contributed by atoms with Crippen LogP contribution in [-0.2, 0) is 16.1 Å². The highest BCUT2D eigenvalue weighted by molar-refractivity contribution is 5.74. The molecule has 1 aromatic rings. The largest absolute Gasteiger partial charge is 0.464 e. The van der Waals surface area contributed by atoms with Gasteiger partial charge >= 0.3 is 12.0 Å². The summed E-state index contributed by atoms with van der Waals surface area (Å²) in [5.41, 5.74) is 0.746. The van der Waals surface area contributed by atoms with Gasteiger partial charge in [0.15, 0.2) is 0 Å². The van der Waals surface area contributed by atoms with Crippen molar-refractivity contribution >= 4 is 17.7 Å². The molecular formula is C15H21N3O5.